The highest BCUT2D eigenvalue weighted by atomic mass is 32.2. The van der Waals surface area contributed by atoms with Crippen LogP contribution in [0, 0.1) is 72.1 Å². The minimum absolute atomic E-state index is 0.162. The molecule has 0 spiro atoms. The van der Waals surface area contributed by atoms with Gasteiger partial charge in [0.1, 0.15) is 124 Å². The van der Waals surface area contributed by atoms with Gasteiger partial charge in [0.15, 0.2) is 34.3 Å². The van der Waals surface area contributed by atoms with E-state index >= 15 is 0 Å². The third-order valence-corrected chi connectivity index (χ3v) is 48.5. The van der Waals surface area contributed by atoms with Crippen LogP contribution >= 0.6 is 0 Å². The van der Waals surface area contributed by atoms with Crippen LogP contribution in [0.2, 0.25) is 0 Å². The van der Waals surface area contributed by atoms with Gasteiger partial charge in [0.2, 0.25) is 0 Å². The van der Waals surface area contributed by atoms with Crippen molar-refractivity contribution < 1.29 is 35.0 Å². The van der Waals surface area contributed by atoms with Crippen molar-refractivity contribution >= 4 is 97.8 Å². The molecule has 7 aliphatic heterocycles. The van der Waals surface area contributed by atoms with Crippen LogP contribution in [0.25, 0.3) is 21.5 Å². The fourth-order valence-electron chi connectivity index (χ4n) is 22.4. The minimum atomic E-state index is -0.162. The summed E-state index contributed by atoms with van der Waals surface area (Å²) in [6.45, 7) is 42.3. The second kappa shape index (κ2) is 52.3. The van der Waals surface area contributed by atoms with Crippen molar-refractivity contribution in [3.05, 3.63) is 189 Å². The van der Waals surface area contributed by atoms with E-state index < -0.39 is 0 Å². The molecule has 9 aromatic rings. The zero-order chi connectivity index (χ0) is 95.9. The summed E-state index contributed by atoms with van der Waals surface area (Å²) in [5.74, 6) is 22.7. The summed E-state index contributed by atoms with van der Waals surface area (Å²) in [6, 6.07) is 46.6. The van der Waals surface area contributed by atoms with Gasteiger partial charge in [-0.3, -0.25) is 0 Å². The van der Waals surface area contributed by atoms with E-state index in [4.69, 9.17) is 9.47 Å². The SMILES string of the molecule is CCCCOc1ccc([S+]2CC3C4CCC(C4)C3C2)c2ccccc12.CCCCc1cc([S+]2C(C)CCC2C)cc(CCCC)c1O.CCCCc1cc([S+]2CCCC2)cc(CCCC)c1O.Cc1cc(O)cc(C)c1[S+]1CCCCC1.Cc1cc([S+]2C(C)CCC2C)cc(C)c1O.Cc1cc([S+]2CCCC2)c2ccccc2c1OC(C)(C)C.Cc1cc([S+]2CCCCC2)cc(C)c1O. The smallest absolute Gasteiger partial charge is 0.163 e. The zero-order valence-electron chi connectivity index (χ0n) is 86.4. The summed E-state index contributed by atoms with van der Waals surface area (Å²) in [6.07, 6.45) is 39.8. The first-order chi connectivity index (χ1) is 64.5. The van der Waals surface area contributed by atoms with Gasteiger partial charge in [-0.2, -0.15) is 0 Å². The van der Waals surface area contributed by atoms with Gasteiger partial charge >= 0.3 is 0 Å². The molecule has 0 aromatic heterocycles. The topological polar surface area (TPSA) is 120 Å². The van der Waals surface area contributed by atoms with E-state index in [0.29, 0.717) is 105 Å². The van der Waals surface area contributed by atoms with Crippen LogP contribution in [0.1, 0.15) is 318 Å². The van der Waals surface area contributed by atoms with E-state index in [1.165, 1.54) is 303 Å². The zero-order valence-corrected chi connectivity index (χ0v) is 92.1. The first kappa shape index (κ1) is 107. The molecule has 14 heteroatoms. The van der Waals surface area contributed by atoms with E-state index in [-0.39, 0.29) is 5.60 Å². The molecule has 134 heavy (non-hydrogen) atoms. The lowest BCUT2D eigenvalue weighted by atomic mass is 9.82. The molecule has 2 bridgehead atoms. The number of benzene rings is 9. The number of phenols is 5. The van der Waals surface area contributed by atoms with Crippen LogP contribution in [0.15, 0.2) is 162 Å². The van der Waals surface area contributed by atoms with Gasteiger partial charge in [0.05, 0.1) is 6.61 Å². The average Bonchev–Trinajstić information content (AvgIpc) is 1.58. The second-order valence-electron chi connectivity index (χ2n) is 41.7. The molecule has 7 saturated heterocycles. The molecule has 7 nitrogen and oxygen atoms in total. The molecule has 2 saturated carbocycles. The first-order valence-electron chi connectivity index (χ1n) is 52.8. The predicted molar refractivity (Wildman–Crippen MR) is 595 cm³/mol. The Morgan fingerprint density at radius 3 is 1.11 bits per heavy atom. The van der Waals surface area contributed by atoms with Crippen molar-refractivity contribution in [1.82, 2.24) is 0 Å². The lowest BCUT2D eigenvalue weighted by molar-refractivity contribution is 0.132. The second-order valence-corrected chi connectivity index (χ2v) is 58.4. The molecule has 2 aliphatic carbocycles. The van der Waals surface area contributed by atoms with Crippen LogP contribution < -0.4 is 9.47 Å². The Kier molecular flexibility index (Phi) is 41.9. The minimum Gasteiger partial charge on any atom is -0.508 e. The van der Waals surface area contributed by atoms with Crippen molar-refractivity contribution in [3.63, 3.8) is 0 Å². The molecule has 732 valence electrons. The molecule has 7 heterocycles. The fourth-order valence-corrected chi connectivity index (χ4v) is 42.0. The van der Waals surface area contributed by atoms with Crippen LogP contribution in [-0.4, -0.2) is 116 Å². The van der Waals surface area contributed by atoms with E-state index in [9.17, 15) is 25.5 Å². The van der Waals surface area contributed by atoms with Crippen LogP contribution in [0.5, 0.6) is 40.2 Å². The molecule has 0 radical (unpaired) electrons. The first-order valence-corrected chi connectivity index (χ1v) is 63.3. The van der Waals surface area contributed by atoms with E-state index in [1.807, 2.05) is 39.8 Å². The lowest BCUT2D eigenvalue weighted by Crippen LogP contribution is -2.23. The predicted octanol–water partition coefficient (Wildman–Crippen LogP) is 31.1. The summed E-state index contributed by atoms with van der Waals surface area (Å²) in [5.41, 5.74) is 12.6. The number of rotatable bonds is 24. The van der Waals surface area contributed by atoms with E-state index in [0.717, 1.165) is 117 Å². The Balaban J connectivity index is 0.000000142. The van der Waals surface area contributed by atoms with Crippen molar-refractivity contribution in [1.29, 1.82) is 0 Å². The van der Waals surface area contributed by atoms with Gasteiger partial charge in [-0.15, -0.1) is 0 Å². The van der Waals surface area contributed by atoms with E-state index in [2.05, 4.69) is 219 Å². The van der Waals surface area contributed by atoms with Gasteiger partial charge in [-0.1, -0.05) is 103 Å². The van der Waals surface area contributed by atoms with Gasteiger partial charge < -0.3 is 35.0 Å². The van der Waals surface area contributed by atoms with Crippen molar-refractivity contribution in [2.75, 3.05) is 64.1 Å². The lowest BCUT2D eigenvalue weighted by Gasteiger charge is -2.24. The monoisotopic (exact) mass is 1950 g/mol. The maximum atomic E-state index is 10.6. The molecular weight excluding hydrogens is 1780 g/mol. The Morgan fingerprint density at radius 2 is 0.694 bits per heavy atom. The maximum Gasteiger partial charge on any atom is 0.163 e. The van der Waals surface area contributed by atoms with Crippen LogP contribution in [0.3, 0.4) is 0 Å². The Bertz CT molecular complexity index is 5040. The van der Waals surface area contributed by atoms with E-state index in [1.54, 1.807) is 16.2 Å². The van der Waals surface area contributed by atoms with Gasteiger partial charge in [-0.05, 0) is 386 Å². The summed E-state index contributed by atoms with van der Waals surface area (Å²) < 4.78 is 12.4. The highest BCUT2D eigenvalue weighted by Crippen LogP contribution is 2.58. The van der Waals surface area contributed by atoms with Gasteiger partial charge in [-0.25, -0.2) is 0 Å². The highest BCUT2D eigenvalue weighted by molar-refractivity contribution is 7.99. The van der Waals surface area contributed by atoms with Crippen LogP contribution in [-0.2, 0) is 102 Å². The molecule has 8 unspecified atom stereocenters. The maximum absolute atomic E-state index is 10.6. The third kappa shape index (κ3) is 28.5. The number of aromatic hydroxyl groups is 5. The number of hydrogen-bond donors (Lipinski definition) is 5. The molecule has 9 aliphatic rings. The molecule has 0 amide bonds. The number of phenolic OH excluding ortho intramolecular Hbond substituents is 5. The van der Waals surface area contributed by atoms with Crippen molar-refractivity contribution in [2.45, 2.75) is 391 Å². The molecule has 9 fully saturated rings. The molecule has 9 aromatic carbocycles. The van der Waals surface area contributed by atoms with Crippen molar-refractivity contribution in [3.8, 4) is 40.2 Å². The molecule has 8 atom stereocenters. The largest absolute Gasteiger partial charge is 0.508 e. The molecule has 18 rings (SSSR count). The third-order valence-electron chi connectivity index (χ3n) is 29.7. The Hall–Kier alpha value is -5.45. The highest BCUT2D eigenvalue weighted by Gasteiger charge is 2.57. The van der Waals surface area contributed by atoms with Gasteiger partial charge in [0.25, 0.3) is 0 Å². The van der Waals surface area contributed by atoms with Crippen molar-refractivity contribution in [2.24, 2.45) is 23.7 Å². The van der Waals surface area contributed by atoms with Gasteiger partial charge in [0, 0.05) is 151 Å². The number of fused-ring (bicyclic) bond motifs is 7. The number of ether oxygens (including phenoxy) is 2. The number of unbranched alkanes of at least 4 members (excludes halogenated alkanes) is 5. The summed E-state index contributed by atoms with van der Waals surface area (Å²) in [4.78, 5) is 10.7. The average molecular weight is 1950 g/mol. The summed E-state index contributed by atoms with van der Waals surface area (Å²) in [5, 5.41) is 58.9. The normalized spacial score (nSPS) is 22.8. The Labute approximate surface area is 834 Å². The Morgan fingerprint density at radius 1 is 0.336 bits per heavy atom. The standard InChI is InChI=1S/C23H29OS.C20H32OS.C19H25OS.C18H28OS.C14H20OS.2C13H18OS/c1-2-3-12-24-22-10-11-23(19-7-5-4-6-18(19)22)25-14-20-16-8-9-17(13-16)21(20)15-25;1-5-7-9-17-13-19(22-15(3)11-12-16(22)4)14-18(20(17)21)10-8-6-2;1-14-13-17(21-11-7-8-12-21)15-9-5-6-10-16(15)18(14)20-19(2,3)4;1-3-5-9-15-13-17(20-11-7-8-12-20)14-16(18(15)19)10-6-4-2;1-9-7-13(8-10(2)14(9)15)16-11(3)5-6-12(16)4;1-10-8-12(9-11(2)13(10)14)15-6-4-3-5-7-15;1-10-8-12(14)9-11(2)13(10)15-6-4-3-5-7-15/h4-7,10-11,16-17,20-21H,2-3,8-9,12-15H2,1H3;13-16H,5-12H2,1-4H3;5-6,9-10,13H,7-8,11-12H2,1-4H3;13-14H,3-12H2,1-2H3;7-8,11-12H,5-6H2,1-4H3;2*8-9H,3-7H2,1-2H3/q+1;;+1;;;;/p+5. The molecule has 5 N–H and O–H groups in total. The molecular formula is C120H175O7S7+7. The van der Waals surface area contributed by atoms with Crippen LogP contribution in [0.4, 0.5) is 0 Å². The summed E-state index contributed by atoms with van der Waals surface area (Å²) in [7, 11) is 3.00. The summed E-state index contributed by atoms with van der Waals surface area (Å²) >= 11 is 0. The number of hydrogen-bond acceptors (Lipinski definition) is 7. The number of aryl methyl sites for hydroxylation is 11. The quantitative estimate of drug-likeness (QED) is 0.0302. The fraction of sp³-hybridized carbons (Fsp3) is 0.583.